The van der Waals surface area contributed by atoms with Gasteiger partial charge >= 0.3 is 0 Å². The first-order chi connectivity index (χ1) is 11.1. The Morgan fingerprint density at radius 1 is 1.17 bits per heavy atom. The number of aromatic nitrogens is 5. The second-order valence-corrected chi connectivity index (χ2v) is 7.18. The summed E-state index contributed by atoms with van der Waals surface area (Å²) in [6.07, 6.45) is 5.05. The molecule has 1 aliphatic carbocycles. The minimum atomic E-state index is 0.550. The zero-order valence-corrected chi connectivity index (χ0v) is 14.4. The Bertz CT molecular complexity index is 696. The van der Waals surface area contributed by atoms with Gasteiger partial charge in [0.25, 0.3) is 0 Å². The molecule has 6 heteroatoms. The van der Waals surface area contributed by atoms with Crippen molar-refractivity contribution in [2.45, 2.75) is 64.6 Å². The molecule has 23 heavy (non-hydrogen) atoms. The minimum absolute atomic E-state index is 0.550. The van der Waals surface area contributed by atoms with E-state index in [1.807, 2.05) is 0 Å². The van der Waals surface area contributed by atoms with Crippen LogP contribution in [-0.4, -0.2) is 42.0 Å². The zero-order chi connectivity index (χ0) is 16.0. The van der Waals surface area contributed by atoms with Crippen LogP contribution in [0, 0.1) is 13.8 Å². The summed E-state index contributed by atoms with van der Waals surface area (Å²) < 4.78 is 4.38. The lowest BCUT2D eigenvalue weighted by molar-refractivity contribution is 0.211. The van der Waals surface area contributed by atoms with Crippen molar-refractivity contribution in [3.63, 3.8) is 0 Å². The van der Waals surface area contributed by atoms with E-state index >= 15 is 0 Å². The van der Waals surface area contributed by atoms with E-state index in [4.69, 9.17) is 0 Å². The Hall–Kier alpha value is -1.69. The molecule has 0 amide bonds. The third kappa shape index (κ3) is 2.92. The quantitative estimate of drug-likeness (QED) is 0.849. The Morgan fingerprint density at radius 2 is 2.00 bits per heavy atom. The maximum atomic E-state index is 4.63. The summed E-state index contributed by atoms with van der Waals surface area (Å²) in [5, 5.41) is 13.5. The minimum Gasteiger partial charge on any atom is -0.317 e. The second-order valence-electron chi connectivity index (χ2n) is 7.18. The van der Waals surface area contributed by atoms with Crippen molar-refractivity contribution in [3.8, 4) is 0 Å². The molecule has 3 heterocycles. The molecule has 0 radical (unpaired) electrons. The Labute approximate surface area is 137 Å². The zero-order valence-electron chi connectivity index (χ0n) is 14.4. The topological polar surface area (TPSA) is 51.8 Å². The molecule has 0 N–H and O–H groups in total. The van der Waals surface area contributed by atoms with Gasteiger partial charge in [0.15, 0.2) is 0 Å². The molecule has 1 aliphatic heterocycles. The van der Waals surface area contributed by atoms with E-state index in [0.29, 0.717) is 12.0 Å². The lowest BCUT2D eigenvalue weighted by Crippen LogP contribution is -2.34. The third-order valence-corrected chi connectivity index (χ3v) is 5.27. The fourth-order valence-corrected chi connectivity index (χ4v) is 3.76. The predicted molar refractivity (Wildman–Crippen MR) is 88.1 cm³/mol. The van der Waals surface area contributed by atoms with Gasteiger partial charge in [0.1, 0.15) is 11.6 Å². The monoisotopic (exact) mass is 314 g/mol. The average Bonchev–Trinajstić information content (AvgIpc) is 3.04. The normalized spacial score (nSPS) is 22.1. The van der Waals surface area contributed by atoms with Crippen molar-refractivity contribution in [3.05, 3.63) is 29.1 Å². The largest absolute Gasteiger partial charge is 0.317 e. The highest BCUT2D eigenvalue weighted by Crippen LogP contribution is 2.38. The van der Waals surface area contributed by atoms with Crippen LogP contribution in [0.4, 0.5) is 0 Å². The van der Waals surface area contributed by atoms with Crippen molar-refractivity contribution < 1.29 is 0 Å². The molecule has 1 atom stereocenters. The molecule has 0 bridgehead atoms. The van der Waals surface area contributed by atoms with Crippen LogP contribution in [0.1, 0.15) is 54.6 Å². The second kappa shape index (κ2) is 5.74. The predicted octanol–water partition coefficient (Wildman–Crippen LogP) is 2.17. The number of nitrogens with zero attached hydrogens (tertiary/aromatic N) is 6. The first-order valence-corrected chi connectivity index (χ1v) is 8.75. The molecule has 2 aromatic rings. The fourth-order valence-electron chi connectivity index (χ4n) is 3.76. The standard InChI is InChI=1S/C17H26N6/c1-12-9-13(2)23(20-12)10-15-5-4-8-22(15)11-16-18-19-17(21(16)3)14-6-7-14/h9,14-15H,4-8,10-11H2,1-3H3/t15-/m1/s1. The van der Waals surface area contributed by atoms with E-state index in [2.05, 4.69) is 56.4 Å². The smallest absolute Gasteiger partial charge is 0.146 e. The van der Waals surface area contributed by atoms with Crippen molar-refractivity contribution >= 4 is 0 Å². The summed E-state index contributed by atoms with van der Waals surface area (Å²) in [6.45, 7) is 7.24. The molecule has 0 aromatic carbocycles. The molecule has 2 aliphatic rings. The Balaban J connectivity index is 1.46. The molecule has 0 spiro atoms. The summed E-state index contributed by atoms with van der Waals surface area (Å²) in [4.78, 5) is 2.55. The summed E-state index contributed by atoms with van der Waals surface area (Å²) in [6, 6.07) is 2.71. The van der Waals surface area contributed by atoms with Gasteiger partial charge in [0.2, 0.25) is 0 Å². The lowest BCUT2D eigenvalue weighted by Gasteiger charge is -2.24. The van der Waals surface area contributed by atoms with Gasteiger partial charge in [-0.1, -0.05) is 0 Å². The van der Waals surface area contributed by atoms with E-state index in [1.165, 1.54) is 37.2 Å². The van der Waals surface area contributed by atoms with Crippen LogP contribution >= 0.6 is 0 Å². The number of rotatable bonds is 5. The van der Waals surface area contributed by atoms with Crippen LogP contribution in [-0.2, 0) is 20.1 Å². The average molecular weight is 314 g/mol. The van der Waals surface area contributed by atoms with Crippen LogP contribution in [0.3, 0.4) is 0 Å². The van der Waals surface area contributed by atoms with Crippen molar-refractivity contribution in [1.29, 1.82) is 0 Å². The molecule has 1 saturated heterocycles. The van der Waals surface area contributed by atoms with Gasteiger partial charge in [-0.3, -0.25) is 9.58 Å². The number of likely N-dealkylation sites (tertiary alicyclic amines) is 1. The van der Waals surface area contributed by atoms with Crippen LogP contribution in [0.5, 0.6) is 0 Å². The van der Waals surface area contributed by atoms with Gasteiger partial charge in [-0.2, -0.15) is 5.10 Å². The third-order valence-electron chi connectivity index (χ3n) is 5.27. The first kappa shape index (κ1) is 14.9. The molecule has 2 aromatic heterocycles. The Kier molecular flexibility index (Phi) is 3.71. The molecule has 1 saturated carbocycles. The summed E-state index contributed by atoms with van der Waals surface area (Å²) in [5.74, 6) is 2.94. The van der Waals surface area contributed by atoms with E-state index in [1.54, 1.807) is 0 Å². The highest BCUT2D eigenvalue weighted by Gasteiger charge is 2.31. The summed E-state index contributed by atoms with van der Waals surface area (Å²) >= 11 is 0. The van der Waals surface area contributed by atoms with E-state index in [9.17, 15) is 0 Å². The first-order valence-electron chi connectivity index (χ1n) is 8.75. The van der Waals surface area contributed by atoms with Crippen LogP contribution in [0.15, 0.2) is 6.07 Å². The van der Waals surface area contributed by atoms with Gasteiger partial charge < -0.3 is 4.57 Å². The number of aryl methyl sites for hydroxylation is 2. The lowest BCUT2D eigenvalue weighted by atomic mass is 10.2. The number of hydrogen-bond donors (Lipinski definition) is 0. The molecule has 124 valence electrons. The highest BCUT2D eigenvalue weighted by atomic mass is 15.3. The summed E-state index contributed by atoms with van der Waals surface area (Å²) in [7, 11) is 2.12. The van der Waals surface area contributed by atoms with Gasteiger partial charge in [-0.15, -0.1) is 10.2 Å². The molecule has 0 unspecified atom stereocenters. The van der Waals surface area contributed by atoms with Crippen molar-refractivity contribution in [2.75, 3.05) is 6.54 Å². The van der Waals surface area contributed by atoms with E-state index in [-0.39, 0.29) is 0 Å². The maximum absolute atomic E-state index is 4.63. The highest BCUT2D eigenvalue weighted by molar-refractivity contribution is 5.09. The van der Waals surface area contributed by atoms with Gasteiger partial charge in [0.05, 0.1) is 18.8 Å². The van der Waals surface area contributed by atoms with Crippen molar-refractivity contribution in [2.24, 2.45) is 7.05 Å². The maximum Gasteiger partial charge on any atom is 0.146 e. The van der Waals surface area contributed by atoms with Crippen LogP contribution in [0.25, 0.3) is 0 Å². The number of hydrogen-bond acceptors (Lipinski definition) is 4. The van der Waals surface area contributed by atoms with Crippen LogP contribution < -0.4 is 0 Å². The van der Waals surface area contributed by atoms with Crippen molar-refractivity contribution in [1.82, 2.24) is 29.4 Å². The molecule has 4 rings (SSSR count). The molecular formula is C17H26N6. The molecule has 6 nitrogen and oxygen atoms in total. The summed E-state index contributed by atoms with van der Waals surface area (Å²) in [5.41, 5.74) is 2.36. The fraction of sp³-hybridized carbons (Fsp3) is 0.706. The molecule has 2 fully saturated rings. The van der Waals surface area contributed by atoms with Crippen LogP contribution in [0.2, 0.25) is 0 Å². The SMILES string of the molecule is Cc1cc(C)n(C[C@H]2CCCN2Cc2nnc(C3CC3)n2C)n1. The van der Waals surface area contributed by atoms with Gasteiger partial charge in [-0.25, -0.2) is 0 Å². The Morgan fingerprint density at radius 3 is 2.70 bits per heavy atom. The van der Waals surface area contributed by atoms with Gasteiger partial charge in [-0.05, 0) is 52.1 Å². The molecular weight excluding hydrogens is 288 g/mol. The van der Waals surface area contributed by atoms with E-state index in [0.717, 1.165) is 31.2 Å². The van der Waals surface area contributed by atoms with Gasteiger partial charge in [0, 0.05) is 24.7 Å². The van der Waals surface area contributed by atoms with E-state index < -0.39 is 0 Å².